The smallest absolute Gasteiger partial charge is 0.257 e. The minimum absolute atomic E-state index is 0.114. The first-order valence-electron chi connectivity index (χ1n) is 8.47. The molecular weight excluding hydrogens is 320 g/mol. The third-order valence-electron chi connectivity index (χ3n) is 4.20. The summed E-state index contributed by atoms with van der Waals surface area (Å²) < 4.78 is 0. The summed E-state index contributed by atoms with van der Waals surface area (Å²) in [5, 5.41) is 3.64. The van der Waals surface area contributed by atoms with E-state index in [1.165, 1.54) is 0 Å². The number of unbranched alkanes of at least 4 members (excludes halogenated alkanes) is 2. The van der Waals surface area contributed by atoms with Crippen molar-refractivity contribution in [1.29, 1.82) is 0 Å². The van der Waals surface area contributed by atoms with Crippen LogP contribution in [-0.4, -0.2) is 10.9 Å². The van der Waals surface area contributed by atoms with Crippen molar-refractivity contribution in [2.75, 3.05) is 5.32 Å². The number of pyridine rings is 1. The molecule has 0 saturated heterocycles. The minimum Gasteiger partial charge on any atom is -0.322 e. The van der Waals surface area contributed by atoms with Gasteiger partial charge in [-0.15, -0.1) is 0 Å². The van der Waals surface area contributed by atoms with E-state index in [0.29, 0.717) is 10.6 Å². The molecule has 0 aliphatic carbocycles. The predicted octanol–water partition coefficient (Wildman–Crippen LogP) is 5.65. The van der Waals surface area contributed by atoms with E-state index in [1.807, 2.05) is 45.0 Å². The second-order valence-electron chi connectivity index (χ2n) is 6.21. The van der Waals surface area contributed by atoms with Crippen molar-refractivity contribution < 1.29 is 4.79 Å². The minimum atomic E-state index is -0.114. The zero-order valence-electron chi connectivity index (χ0n) is 14.9. The third-order valence-corrected chi connectivity index (χ3v) is 4.61. The van der Waals surface area contributed by atoms with E-state index >= 15 is 0 Å². The first kappa shape index (κ1) is 18.5. The lowest BCUT2D eigenvalue weighted by molar-refractivity contribution is 0.102. The molecule has 0 aliphatic rings. The van der Waals surface area contributed by atoms with E-state index in [4.69, 9.17) is 11.6 Å². The Hall–Kier alpha value is -1.87. The lowest BCUT2D eigenvalue weighted by Gasteiger charge is -2.15. The van der Waals surface area contributed by atoms with Crippen LogP contribution in [-0.2, 0) is 6.42 Å². The molecule has 0 bridgehead atoms. The van der Waals surface area contributed by atoms with Crippen LogP contribution in [0.1, 0.15) is 59.1 Å². The van der Waals surface area contributed by atoms with Gasteiger partial charge in [0.25, 0.3) is 5.91 Å². The van der Waals surface area contributed by atoms with Gasteiger partial charge in [-0.2, -0.15) is 0 Å². The van der Waals surface area contributed by atoms with Gasteiger partial charge in [0.15, 0.2) is 0 Å². The lowest BCUT2D eigenvalue weighted by Crippen LogP contribution is -2.18. The molecule has 3 nitrogen and oxygen atoms in total. The Balaban J connectivity index is 2.32. The number of halogens is 1. The number of hydrogen-bond donors (Lipinski definition) is 1. The van der Waals surface area contributed by atoms with Crippen molar-refractivity contribution in [3.8, 4) is 0 Å². The summed E-state index contributed by atoms with van der Waals surface area (Å²) in [6, 6.07) is 7.56. The van der Waals surface area contributed by atoms with Crippen LogP contribution in [0.2, 0.25) is 5.02 Å². The van der Waals surface area contributed by atoms with Crippen LogP contribution in [0, 0.1) is 20.8 Å². The standard InChI is InChI=1S/C20H25ClN2O/c1-5-6-7-9-16-12-13(2)22-15(4)19(16)20(24)23-18-11-8-10-17(21)14(18)3/h8,10-12H,5-7,9H2,1-4H3,(H,23,24). The molecule has 2 aromatic rings. The van der Waals surface area contributed by atoms with Crippen molar-refractivity contribution in [3.05, 3.63) is 57.4 Å². The first-order chi connectivity index (χ1) is 11.4. The van der Waals surface area contributed by atoms with Crippen LogP contribution in [0.5, 0.6) is 0 Å². The summed E-state index contributed by atoms with van der Waals surface area (Å²) in [6.07, 6.45) is 4.30. The van der Waals surface area contributed by atoms with Crippen LogP contribution in [0.25, 0.3) is 0 Å². The van der Waals surface area contributed by atoms with Gasteiger partial charge in [0, 0.05) is 16.4 Å². The van der Waals surface area contributed by atoms with E-state index < -0.39 is 0 Å². The maximum atomic E-state index is 12.9. The number of aryl methyl sites for hydroxylation is 3. The molecular formula is C20H25ClN2O. The fourth-order valence-electron chi connectivity index (χ4n) is 2.91. The molecule has 24 heavy (non-hydrogen) atoms. The summed E-state index contributed by atoms with van der Waals surface area (Å²) >= 11 is 6.15. The average Bonchev–Trinajstić information content (AvgIpc) is 2.51. The van der Waals surface area contributed by atoms with Gasteiger partial charge in [0.1, 0.15) is 0 Å². The second-order valence-corrected chi connectivity index (χ2v) is 6.61. The van der Waals surface area contributed by atoms with E-state index in [2.05, 4.69) is 17.2 Å². The summed E-state index contributed by atoms with van der Waals surface area (Å²) in [5.41, 5.74) is 5.11. The maximum absolute atomic E-state index is 12.9. The van der Waals surface area contributed by atoms with Gasteiger partial charge in [-0.1, -0.05) is 37.4 Å². The number of carbonyl (C=O) groups excluding carboxylic acids is 1. The molecule has 1 aromatic heterocycles. The van der Waals surface area contributed by atoms with Crippen LogP contribution in [0.15, 0.2) is 24.3 Å². The van der Waals surface area contributed by atoms with Gasteiger partial charge in [-0.3, -0.25) is 9.78 Å². The number of benzene rings is 1. The van der Waals surface area contributed by atoms with Gasteiger partial charge in [0.05, 0.1) is 11.3 Å². The van der Waals surface area contributed by atoms with Gasteiger partial charge in [-0.25, -0.2) is 0 Å². The fraction of sp³-hybridized carbons (Fsp3) is 0.400. The van der Waals surface area contributed by atoms with E-state index in [-0.39, 0.29) is 5.91 Å². The summed E-state index contributed by atoms with van der Waals surface area (Å²) in [7, 11) is 0. The highest BCUT2D eigenvalue weighted by atomic mass is 35.5. The molecule has 2 rings (SSSR count). The summed E-state index contributed by atoms with van der Waals surface area (Å²) in [4.78, 5) is 17.3. The molecule has 0 spiro atoms. The molecule has 128 valence electrons. The van der Waals surface area contributed by atoms with E-state index in [9.17, 15) is 4.79 Å². The third kappa shape index (κ3) is 4.35. The zero-order valence-corrected chi connectivity index (χ0v) is 15.6. The molecule has 0 fully saturated rings. The first-order valence-corrected chi connectivity index (χ1v) is 8.85. The number of nitrogens with one attached hydrogen (secondary N) is 1. The monoisotopic (exact) mass is 344 g/mol. The van der Waals surface area contributed by atoms with Crippen LogP contribution >= 0.6 is 11.6 Å². The molecule has 1 N–H and O–H groups in total. The maximum Gasteiger partial charge on any atom is 0.257 e. The van der Waals surface area contributed by atoms with Gasteiger partial charge >= 0.3 is 0 Å². The number of nitrogens with zero attached hydrogens (tertiary/aromatic N) is 1. The Bertz CT molecular complexity index is 741. The van der Waals surface area contributed by atoms with Crippen molar-refractivity contribution in [2.45, 2.75) is 53.4 Å². The molecule has 1 aromatic carbocycles. The normalized spacial score (nSPS) is 10.7. The number of anilines is 1. The van der Waals surface area contributed by atoms with Crippen LogP contribution < -0.4 is 5.32 Å². The van der Waals surface area contributed by atoms with Gasteiger partial charge < -0.3 is 5.32 Å². The Labute approximate surface area is 149 Å². The highest BCUT2D eigenvalue weighted by Gasteiger charge is 2.17. The quantitative estimate of drug-likeness (QED) is 0.688. The Kier molecular flexibility index (Phi) is 6.38. The van der Waals surface area contributed by atoms with Crippen molar-refractivity contribution in [3.63, 3.8) is 0 Å². The molecule has 0 aliphatic heterocycles. The predicted molar refractivity (Wildman–Crippen MR) is 101 cm³/mol. The molecule has 4 heteroatoms. The fourth-order valence-corrected chi connectivity index (χ4v) is 3.08. The number of amides is 1. The van der Waals surface area contributed by atoms with Crippen molar-refractivity contribution in [1.82, 2.24) is 4.98 Å². The number of aromatic nitrogens is 1. The summed E-state index contributed by atoms with van der Waals surface area (Å²) in [6.45, 7) is 7.95. The lowest BCUT2D eigenvalue weighted by atomic mass is 9.99. The molecule has 1 heterocycles. The van der Waals surface area contributed by atoms with E-state index in [0.717, 1.165) is 53.9 Å². The molecule has 0 saturated carbocycles. The van der Waals surface area contributed by atoms with Gasteiger partial charge in [-0.05, 0) is 62.9 Å². The van der Waals surface area contributed by atoms with Crippen molar-refractivity contribution in [2.24, 2.45) is 0 Å². The largest absolute Gasteiger partial charge is 0.322 e. The molecule has 0 radical (unpaired) electrons. The molecule has 0 unspecified atom stereocenters. The average molecular weight is 345 g/mol. The van der Waals surface area contributed by atoms with Gasteiger partial charge in [0.2, 0.25) is 0 Å². The number of hydrogen-bond acceptors (Lipinski definition) is 2. The zero-order chi connectivity index (χ0) is 17.7. The molecule has 1 amide bonds. The van der Waals surface area contributed by atoms with Crippen LogP contribution in [0.4, 0.5) is 5.69 Å². The summed E-state index contributed by atoms with van der Waals surface area (Å²) in [5.74, 6) is -0.114. The Morgan fingerprint density at radius 1 is 1.21 bits per heavy atom. The topological polar surface area (TPSA) is 42.0 Å². The second kappa shape index (κ2) is 8.29. The highest BCUT2D eigenvalue weighted by molar-refractivity contribution is 6.31. The van der Waals surface area contributed by atoms with Crippen molar-refractivity contribution >= 4 is 23.2 Å². The highest BCUT2D eigenvalue weighted by Crippen LogP contribution is 2.25. The molecule has 0 atom stereocenters. The Morgan fingerprint density at radius 2 is 1.96 bits per heavy atom. The number of rotatable bonds is 6. The Morgan fingerprint density at radius 3 is 2.67 bits per heavy atom. The van der Waals surface area contributed by atoms with Crippen LogP contribution in [0.3, 0.4) is 0 Å². The number of carbonyl (C=O) groups is 1. The van der Waals surface area contributed by atoms with E-state index in [1.54, 1.807) is 0 Å². The SMILES string of the molecule is CCCCCc1cc(C)nc(C)c1C(=O)Nc1cccc(Cl)c1C.